The highest BCUT2D eigenvalue weighted by Gasteiger charge is 2.38. The van der Waals surface area contributed by atoms with Gasteiger partial charge in [0.25, 0.3) is 0 Å². The minimum Gasteiger partial charge on any atom is -0.481 e. The Balaban J connectivity index is 2.11. The van der Waals surface area contributed by atoms with Crippen LogP contribution in [0.3, 0.4) is 0 Å². The number of hydrogen-bond acceptors (Lipinski definition) is 2. The van der Waals surface area contributed by atoms with E-state index < -0.39 is 11.9 Å². The molecule has 18 heavy (non-hydrogen) atoms. The van der Waals surface area contributed by atoms with Crippen LogP contribution in [0.15, 0.2) is 0 Å². The molecule has 0 unspecified atom stereocenters. The van der Waals surface area contributed by atoms with Crippen LogP contribution in [-0.2, 0) is 9.59 Å². The number of ketones is 1. The highest BCUT2D eigenvalue weighted by Crippen LogP contribution is 2.33. The van der Waals surface area contributed by atoms with Crippen molar-refractivity contribution in [3.05, 3.63) is 0 Å². The van der Waals surface area contributed by atoms with E-state index in [1.54, 1.807) is 0 Å². The van der Waals surface area contributed by atoms with Crippen LogP contribution in [0.25, 0.3) is 0 Å². The van der Waals surface area contributed by atoms with Gasteiger partial charge in [0, 0.05) is 12.3 Å². The lowest BCUT2D eigenvalue weighted by Gasteiger charge is -2.29. The molecule has 0 bridgehead atoms. The highest BCUT2D eigenvalue weighted by molar-refractivity contribution is 5.90. The van der Waals surface area contributed by atoms with Crippen LogP contribution in [0.2, 0.25) is 0 Å². The molecule has 1 fully saturated rings. The lowest BCUT2D eigenvalue weighted by Crippen LogP contribution is -2.36. The third-order valence-electron chi connectivity index (χ3n) is 4.04. The molecule has 104 valence electrons. The fraction of sp³-hybridized carbons (Fsp3) is 0.867. The molecule has 0 aromatic carbocycles. The fourth-order valence-corrected chi connectivity index (χ4v) is 2.67. The molecule has 1 aliphatic rings. The number of aliphatic carboxylic acids is 1. The van der Waals surface area contributed by atoms with E-state index in [4.69, 9.17) is 5.11 Å². The summed E-state index contributed by atoms with van der Waals surface area (Å²) in [5, 5.41) is 9.15. The zero-order valence-electron chi connectivity index (χ0n) is 11.5. The summed E-state index contributed by atoms with van der Waals surface area (Å²) in [7, 11) is 0. The minimum absolute atomic E-state index is 0.158. The Bertz CT molecular complexity index is 273. The molecule has 2 atom stereocenters. The predicted molar refractivity (Wildman–Crippen MR) is 71.5 cm³/mol. The van der Waals surface area contributed by atoms with E-state index >= 15 is 0 Å². The van der Waals surface area contributed by atoms with E-state index in [1.165, 1.54) is 32.1 Å². The van der Waals surface area contributed by atoms with Gasteiger partial charge in [-0.2, -0.15) is 0 Å². The van der Waals surface area contributed by atoms with Gasteiger partial charge in [0.15, 0.2) is 0 Å². The van der Waals surface area contributed by atoms with Crippen LogP contribution < -0.4 is 0 Å². The Kier molecular flexibility index (Phi) is 6.99. The summed E-state index contributed by atoms with van der Waals surface area (Å²) in [4.78, 5) is 22.5. The molecule has 0 spiro atoms. The maximum absolute atomic E-state index is 11.3. The summed E-state index contributed by atoms with van der Waals surface area (Å²) in [5.41, 5.74) is 0. The van der Waals surface area contributed by atoms with E-state index in [2.05, 4.69) is 6.92 Å². The number of carboxylic acid groups (broad SMARTS) is 1. The summed E-state index contributed by atoms with van der Waals surface area (Å²) in [6, 6.07) is 0. The SMILES string of the molecule is CCCCCCCCC[C@@H](C(=O)O)[C@@H]1CCC1=O. The van der Waals surface area contributed by atoms with Gasteiger partial charge in [0.2, 0.25) is 0 Å². The molecule has 3 nitrogen and oxygen atoms in total. The van der Waals surface area contributed by atoms with Crippen molar-refractivity contribution >= 4 is 11.8 Å². The predicted octanol–water partition coefficient (Wildman–Crippen LogP) is 3.81. The monoisotopic (exact) mass is 254 g/mol. The average Bonchev–Trinajstić information content (AvgIpc) is 2.34. The molecule has 0 radical (unpaired) electrons. The zero-order chi connectivity index (χ0) is 13.4. The second kappa shape index (κ2) is 8.28. The second-order valence-corrected chi connectivity index (χ2v) is 5.47. The third-order valence-corrected chi connectivity index (χ3v) is 4.04. The Morgan fingerprint density at radius 3 is 2.28 bits per heavy atom. The van der Waals surface area contributed by atoms with Gasteiger partial charge < -0.3 is 5.11 Å². The van der Waals surface area contributed by atoms with Gasteiger partial charge in [-0.05, 0) is 12.8 Å². The van der Waals surface area contributed by atoms with Crippen molar-refractivity contribution in [3.8, 4) is 0 Å². The van der Waals surface area contributed by atoms with Crippen LogP contribution in [0, 0.1) is 11.8 Å². The second-order valence-electron chi connectivity index (χ2n) is 5.47. The Labute approximate surface area is 110 Å². The van der Waals surface area contributed by atoms with Crippen molar-refractivity contribution in [1.29, 1.82) is 0 Å². The lowest BCUT2D eigenvalue weighted by molar-refractivity contribution is -0.150. The van der Waals surface area contributed by atoms with E-state index in [-0.39, 0.29) is 11.7 Å². The smallest absolute Gasteiger partial charge is 0.307 e. The molecular weight excluding hydrogens is 228 g/mol. The highest BCUT2D eigenvalue weighted by atomic mass is 16.4. The number of rotatable bonds is 10. The van der Waals surface area contributed by atoms with E-state index in [0.717, 1.165) is 19.3 Å². The average molecular weight is 254 g/mol. The summed E-state index contributed by atoms with van der Waals surface area (Å²) in [6.45, 7) is 2.20. The van der Waals surface area contributed by atoms with Gasteiger partial charge in [0.05, 0.1) is 5.92 Å². The van der Waals surface area contributed by atoms with Gasteiger partial charge in [-0.25, -0.2) is 0 Å². The first kappa shape index (κ1) is 15.2. The lowest BCUT2D eigenvalue weighted by atomic mass is 9.73. The molecule has 1 rings (SSSR count). The van der Waals surface area contributed by atoms with Crippen molar-refractivity contribution < 1.29 is 14.7 Å². The summed E-state index contributed by atoms with van der Waals surface area (Å²) in [5.74, 6) is -1.21. The minimum atomic E-state index is -0.779. The molecule has 0 heterocycles. The van der Waals surface area contributed by atoms with Gasteiger partial charge >= 0.3 is 5.97 Å². The molecule has 0 saturated heterocycles. The van der Waals surface area contributed by atoms with E-state index in [0.29, 0.717) is 12.8 Å². The van der Waals surface area contributed by atoms with Crippen LogP contribution in [-0.4, -0.2) is 16.9 Å². The van der Waals surface area contributed by atoms with Crippen LogP contribution in [0.1, 0.15) is 71.1 Å². The summed E-state index contributed by atoms with van der Waals surface area (Å²) >= 11 is 0. The molecule has 0 aromatic rings. The van der Waals surface area contributed by atoms with Crippen LogP contribution >= 0.6 is 0 Å². The van der Waals surface area contributed by atoms with Crippen LogP contribution in [0.5, 0.6) is 0 Å². The van der Waals surface area contributed by atoms with Crippen molar-refractivity contribution in [2.24, 2.45) is 11.8 Å². The number of carboxylic acids is 1. The molecule has 1 saturated carbocycles. The number of carbonyl (C=O) groups is 2. The first-order chi connectivity index (χ1) is 8.66. The normalized spacial score (nSPS) is 20.5. The van der Waals surface area contributed by atoms with Gasteiger partial charge in [-0.1, -0.05) is 51.9 Å². The van der Waals surface area contributed by atoms with E-state index in [1.807, 2.05) is 0 Å². The molecule has 1 aliphatic carbocycles. The fourth-order valence-electron chi connectivity index (χ4n) is 2.67. The summed E-state index contributed by atoms with van der Waals surface area (Å²) in [6.07, 6.45) is 10.4. The van der Waals surface area contributed by atoms with Gasteiger partial charge in [-0.3, -0.25) is 9.59 Å². The maximum Gasteiger partial charge on any atom is 0.307 e. The maximum atomic E-state index is 11.3. The summed E-state index contributed by atoms with van der Waals surface area (Å²) < 4.78 is 0. The van der Waals surface area contributed by atoms with Gasteiger partial charge in [-0.15, -0.1) is 0 Å². The molecular formula is C15H26O3. The molecule has 0 aromatic heterocycles. The Morgan fingerprint density at radius 1 is 1.22 bits per heavy atom. The number of carbonyl (C=O) groups excluding carboxylic acids is 1. The molecule has 0 aliphatic heterocycles. The molecule has 1 N–H and O–H groups in total. The zero-order valence-corrected chi connectivity index (χ0v) is 11.5. The van der Waals surface area contributed by atoms with E-state index in [9.17, 15) is 9.59 Å². The molecule has 3 heteroatoms. The number of unbranched alkanes of at least 4 members (excludes halogenated alkanes) is 6. The van der Waals surface area contributed by atoms with Gasteiger partial charge in [0.1, 0.15) is 5.78 Å². The Hall–Kier alpha value is -0.860. The van der Waals surface area contributed by atoms with Crippen molar-refractivity contribution in [2.45, 2.75) is 71.1 Å². The quantitative estimate of drug-likeness (QED) is 0.603. The first-order valence-corrected chi connectivity index (χ1v) is 7.42. The van der Waals surface area contributed by atoms with Crippen LogP contribution in [0.4, 0.5) is 0 Å². The van der Waals surface area contributed by atoms with Crippen molar-refractivity contribution in [3.63, 3.8) is 0 Å². The van der Waals surface area contributed by atoms with Crippen molar-refractivity contribution in [1.82, 2.24) is 0 Å². The number of hydrogen-bond donors (Lipinski definition) is 1. The third kappa shape index (κ3) is 4.79. The standard InChI is InChI=1S/C15H26O3/c1-2-3-4-5-6-7-8-9-13(15(17)18)12-10-11-14(12)16/h12-13H,2-11H2,1H3,(H,17,18)/t12-,13+/m0/s1. The molecule has 0 amide bonds. The first-order valence-electron chi connectivity index (χ1n) is 7.42. The topological polar surface area (TPSA) is 54.4 Å². The number of Topliss-reactive ketones (excluding diaryl/α,β-unsaturated/α-hetero) is 1. The Morgan fingerprint density at radius 2 is 1.83 bits per heavy atom. The van der Waals surface area contributed by atoms with Crippen molar-refractivity contribution in [2.75, 3.05) is 0 Å². The largest absolute Gasteiger partial charge is 0.481 e.